The van der Waals surface area contributed by atoms with Crippen LogP contribution in [0.2, 0.25) is 0 Å². The summed E-state index contributed by atoms with van der Waals surface area (Å²) in [6.07, 6.45) is -0.265. The zero-order valence-electron chi connectivity index (χ0n) is 13.1. The Kier molecular flexibility index (Phi) is 4.97. The minimum atomic E-state index is -0.472. The van der Waals surface area contributed by atoms with Gasteiger partial charge in [0.05, 0.1) is 11.6 Å². The molecule has 1 aliphatic heterocycles. The summed E-state index contributed by atoms with van der Waals surface area (Å²) in [7, 11) is 0. The molecule has 5 nitrogen and oxygen atoms in total. The topological polar surface area (TPSA) is 56.6 Å². The number of amides is 1. The lowest BCUT2D eigenvalue weighted by atomic mass is 10.2. The van der Waals surface area contributed by atoms with E-state index >= 15 is 0 Å². The highest BCUT2D eigenvalue weighted by Gasteiger charge is 2.26. The van der Waals surface area contributed by atoms with Gasteiger partial charge in [0, 0.05) is 36.3 Å². The Bertz CT molecular complexity index is 596. The smallest absolute Gasteiger partial charge is 0.410 e. The van der Waals surface area contributed by atoms with Gasteiger partial charge in [-0.25, -0.2) is 4.79 Å². The summed E-state index contributed by atoms with van der Waals surface area (Å²) >= 11 is 3.43. The molecular weight excluding hydrogens is 346 g/mol. The number of carbonyl (C=O) groups is 1. The molecule has 22 heavy (non-hydrogen) atoms. The number of ether oxygens (including phenoxy) is 1. The summed E-state index contributed by atoms with van der Waals surface area (Å²) in [6, 6.07) is 7.81. The van der Waals surface area contributed by atoms with Crippen molar-refractivity contribution in [3.8, 4) is 6.07 Å². The molecule has 0 unspecified atom stereocenters. The second kappa shape index (κ2) is 6.57. The lowest BCUT2D eigenvalue weighted by molar-refractivity contribution is 0.0240. The zero-order valence-corrected chi connectivity index (χ0v) is 14.7. The molecule has 118 valence electrons. The van der Waals surface area contributed by atoms with Crippen LogP contribution in [0.15, 0.2) is 22.7 Å². The van der Waals surface area contributed by atoms with Crippen LogP contribution in [0.25, 0.3) is 0 Å². The SMILES string of the molecule is CC(C)(C)OC(=O)N1CCN(c2cc(Br)cc(C#N)c2)CC1. The zero-order chi connectivity index (χ0) is 16.3. The average Bonchev–Trinajstić information content (AvgIpc) is 2.45. The van der Waals surface area contributed by atoms with Crippen molar-refractivity contribution in [1.82, 2.24) is 4.90 Å². The van der Waals surface area contributed by atoms with Crippen molar-refractivity contribution in [2.75, 3.05) is 31.1 Å². The highest BCUT2D eigenvalue weighted by molar-refractivity contribution is 9.10. The van der Waals surface area contributed by atoms with Gasteiger partial charge in [0.25, 0.3) is 0 Å². The number of piperazine rings is 1. The second-order valence-corrected chi connectivity index (χ2v) is 7.18. The number of halogens is 1. The first-order valence-corrected chi connectivity index (χ1v) is 8.01. The maximum Gasteiger partial charge on any atom is 0.410 e. The number of hydrogen-bond acceptors (Lipinski definition) is 4. The van der Waals surface area contributed by atoms with Gasteiger partial charge < -0.3 is 14.5 Å². The first kappa shape index (κ1) is 16.6. The Morgan fingerprint density at radius 2 is 1.86 bits per heavy atom. The quantitative estimate of drug-likeness (QED) is 0.765. The van der Waals surface area contributed by atoms with Gasteiger partial charge in [-0.3, -0.25) is 0 Å². The van der Waals surface area contributed by atoms with Crippen molar-refractivity contribution in [2.45, 2.75) is 26.4 Å². The summed E-state index contributed by atoms with van der Waals surface area (Å²) < 4.78 is 6.28. The van der Waals surface area contributed by atoms with Crippen molar-refractivity contribution < 1.29 is 9.53 Å². The van der Waals surface area contributed by atoms with Crippen LogP contribution in [-0.2, 0) is 4.74 Å². The fourth-order valence-corrected chi connectivity index (χ4v) is 2.78. The Morgan fingerprint density at radius 3 is 2.41 bits per heavy atom. The van der Waals surface area contributed by atoms with Crippen LogP contribution < -0.4 is 4.90 Å². The van der Waals surface area contributed by atoms with Crippen molar-refractivity contribution in [1.29, 1.82) is 5.26 Å². The van der Waals surface area contributed by atoms with E-state index in [1.807, 2.05) is 32.9 Å². The molecule has 1 saturated heterocycles. The summed E-state index contributed by atoms with van der Waals surface area (Å²) in [4.78, 5) is 15.9. The molecule has 1 heterocycles. The second-order valence-electron chi connectivity index (χ2n) is 6.26. The Morgan fingerprint density at radius 1 is 1.23 bits per heavy atom. The van der Waals surface area contributed by atoms with E-state index in [0.29, 0.717) is 18.7 Å². The van der Waals surface area contributed by atoms with E-state index in [1.54, 1.807) is 11.0 Å². The molecule has 0 aromatic heterocycles. The van der Waals surface area contributed by atoms with E-state index in [-0.39, 0.29) is 6.09 Å². The first-order valence-electron chi connectivity index (χ1n) is 7.22. The van der Waals surface area contributed by atoms with Crippen LogP contribution in [-0.4, -0.2) is 42.8 Å². The molecule has 0 atom stereocenters. The standard InChI is InChI=1S/C16H20BrN3O2/c1-16(2,3)22-15(21)20-6-4-19(5-7-20)14-9-12(11-18)8-13(17)10-14/h8-10H,4-7H2,1-3H3. The van der Waals surface area contributed by atoms with Crippen LogP contribution in [0.3, 0.4) is 0 Å². The van der Waals surface area contributed by atoms with Gasteiger partial charge >= 0.3 is 6.09 Å². The molecule has 0 N–H and O–H groups in total. The molecule has 1 fully saturated rings. The van der Waals surface area contributed by atoms with E-state index in [1.165, 1.54) is 0 Å². The molecule has 1 aliphatic rings. The number of benzene rings is 1. The third-order valence-electron chi connectivity index (χ3n) is 3.31. The van der Waals surface area contributed by atoms with Crippen LogP contribution in [0, 0.1) is 11.3 Å². The number of hydrogen-bond donors (Lipinski definition) is 0. The Hall–Kier alpha value is -1.74. The van der Waals surface area contributed by atoms with Crippen LogP contribution in [0.1, 0.15) is 26.3 Å². The van der Waals surface area contributed by atoms with Crippen molar-refractivity contribution >= 4 is 27.7 Å². The molecule has 6 heteroatoms. The van der Waals surface area contributed by atoms with Gasteiger partial charge in [0.1, 0.15) is 5.60 Å². The van der Waals surface area contributed by atoms with Crippen molar-refractivity contribution in [3.63, 3.8) is 0 Å². The van der Waals surface area contributed by atoms with E-state index in [4.69, 9.17) is 10.00 Å². The van der Waals surface area contributed by atoms with Gasteiger partial charge in [0.2, 0.25) is 0 Å². The summed E-state index contributed by atoms with van der Waals surface area (Å²) in [5.41, 5.74) is 1.15. The van der Waals surface area contributed by atoms with E-state index in [0.717, 1.165) is 23.2 Å². The molecule has 0 saturated carbocycles. The molecule has 0 radical (unpaired) electrons. The van der Waals surface area contributed by atoms with Gasteiger partial charge in [-0.1, -0.05) is 15.9 Å². The molecule has 1 aromatic rings. The lowest BCUT2D eigenvalue weighted by Gasteiger charge is -2.36. The van der Waals surface area contributed by atoms with Crippen LogP contribution in [0.4, 0.5) is 10.5 Å². The number of carbonyl (C=O) groups excluding carboxylic acids is 1. The molecule has 0 spiro atoms. The monoisotopic (exact) mass is 365 g/mol. The maximum atomic E-state index is 12.0. The third kappa shape index (κ3) is 4.38. The molecule has 2 rings (SSSR count). The molecular formula is C16H20BrN3O2. The van der Waals surface area contributed by atoms with Gasteiger partial charge in [-0.05, 0) is 39.0 Å². The normalized spacial score (nSPS) is 15.4. The van der Waals surface area contributed by atoms with E-state index < -0.39 is 5.60 Å². The maximum absolute atomic E-state index is 12.0. The summed E-state index contributed by atoms with van der Waals surface area (Å²) in [5.74, 6) is 0. The minimum absolute atomic E-state index is 0.265. The Balaban J connectivity index is 1.99. The minimum Gasteiger partial charge on any atom is -0.444 e. The first-order chi connectivity index (χ1) is 10.3. The fourth-order valence-electron chi connectivity index (χ4n) is 2.29. The average molecular weight is 366 g/mol. The van der Waals surface area contributed by atoms with Crippen LogP contribution >= 0.6 is 15.9 Å². The third-order valence-corrected chi connectivity index (χ3v) is 3.77. The number of nitriles is 1. The number of rotatable bonds is 1. The van der Waals surface area contributed by atoms with Gasteiger partial charge in [-0.2, -0.15) is 5.26 Å². The van der Waals surface area contributed by atoms with Gasteiger partial charge in [-0.15, -0.1) is 0 Å². The predicted octanol–water partition coefficient (Wildman–Crippen LogP) is 3.38. The molecule has 1 amide bonds. The molecule has 0 aliphatic carbocycles. The van der Waals surface area contributed by atoms with Crippen molar-refractivity contribution in [2.24, 2.45) is 0 Å². The largest absolute Gasteiger partial charge is 0.444 e. The van der Waals surface area contributed by atoms with E-state index in [2.05, 4.69) is 26.9 Å². The Labute approximate surface area is 139 Å². The predicted molar refractivity (Wildman–Crippen MR) is 88.9 cm³/mol. The highest BCUT2D eigenvalue weighted by atomic mass is 79.9. The van der Waals surface area contributed by atoms with E-state index in [9.17, 15) is 4.79 Å². The summed E-state index contributed by atoms with van der Waals surface area (Å²) in [6.45, 7) is 8.28. The van der Waals surface area contributed by atoms with Crippen LogP contribution in [0.5, 0.6) is 0 Å². The number of anilines is 1. The fraction of sp³-hybridized carbons (Fsp3) is 0.500. The lowest BCUT2D eigenvalue weighted by Crippen LogP contribution is -2.50. The summed E-state index contributed by atoms with van der Waals surface area (Å²) in [5, 5.41) is 9.05. The van der Waals surface area contributed by atoms with Gasteiger partial charge in [0.15, 0.2) is 0 Å². The highest BCUT2D eigenvalue weighted by Crippen LogP contribution is 2.24. The molecule has 0 bridgehead atoms. The van der Waals surface area contributed by atoms with Crippen molar-refractivity contribution in [3.05, 3.63) is 28.2 Å². The number of nitrogens with zero attached hydrogens (tertiary/aromatic N) is 3. The molecule has 1 aromatic carbocycles.